The Morgan fingerprint density at radius 2 is 1.41 bits per heavy atom. The van der Waals surface area contributed by atoms with Crippen LogP contribution in [0, 0.1) is 0 Å². The van der Waals surface area contributed by atoms with Crippen molar-refractivity contribution in [3.63, 3.8) is 0 Å². The number of carbonyl (C=O) groups is 1. The normalized spacial score (nSPS) is 11.7. The van der Waals surface area contributed by atoms with Gasteiger partial charge in [0.2, 0.25) is 0 Å². The van der Waals surface area contributed by atoms with Crippen LogP contribution in [0.4, 0.5) is 0 Å². The van der Waals surface area contributed by atoms with E-state index in [1.807, 2.05) is 48.5 Å². The Kier molecular flexibility index (Phi) is 9.26. The number of hydrogen-bond donors (Lipinski definition) is 0. The number of benzene rings is 4. The average molecular weight is 474 g/mol. The minimum absolute atomic E-state index is 0. The molecule has 0 aliphatic heterocycles. The molecule has 0 amide bonds. The zero-order valence-corrected chi connectivity index (χ0v) is 20.6. The Labute approximate surface area is 208 Å². The summed E-state index contributed by atoms with van der Waals surface area (Å²) in [7, 11) is 4.22. The lowest BCUT2D eigenvalue weighted by Crippen LogP contribution is -2.22. The summed E-state index contributed by atoms with van der Waals surface area (Å²) in [5.41, 5.74) is 3.25. The van der Waals surface area contributed by atoms with Crippen molar-refractivity contribution in [3.8, 4) is 5.75 Å². The molecule has 0 aromatic heterocycles. The van der Waals surface area contributed by atoms with E-state index < -0.39 is 0 Å². The van der Waals surface area contributed by atoms with E-state index in [0.717, 1.165) is 28.5 Å². The fourth-order valence-electron chi connectivity index (χ4n) is 4.37. The van der Waals surface area contributed by atoms with Gasteiger partial charge < -0.3 is 9.64 Å². The number of hydrogen-bond acceptors (Lipinski definition) is 3. The molecule has 0 heterocycles. The SMILES string of the molecule is CN(C)C(CCOc1ccc(CCC(=O)c2ccccc2)c2ccccc12)c1ccccc1.Cl. The average Bonchev–Trinajstić information content (AvgIpc) is 2.86. The van der Waals surface area contributed by atoms with Gasteiger partial charge in [0.05, 0.1) is 6.61 Å². The van der Waals surface area contributed by atoms with Gasteiger partial charge in [-0.2, -0.15) is 0 Å². The molecule has 1 unspecified atom stereocenters. The van der Waals surface area contributed by atoms with Crippen molar-refractivity contribution in [3.05, 3.63) is 114 Å². The molecule has 0 saturated carbocycles. The van der Waals surface area contributed by atoms with Crippen molar-refractivity contribution < 1.29 is 9.53 Å². The van der Waals surface area contributed by atoms with Crippen molar-refractivity contribution >= 4 is 29.0 Å². The number of carbonyl (C=O) groups excluding carboxylic acids is 1. The maximum atomic E-state index is 12.6. The zero-order valence-electron chi connectivity index (χ0n) is 19.8. The molecular weight excluding hydrogens is 442 g/mol. The van der Waals surface area contributed by atoms with Crippen LogP contribution in [0.3, 0.4) is 0 Å². The number of rotatable bonds is 10. The molecule has 4 aromatic rings. The standard InChI is InChI=1S/C30H31NO2.ClH/c1-31(2)28(24-11-5-3-6-12-24)21-22-33-30-20-18-23(26-15-9-10-16-27(26)30)17-19-29(32)25-13-7-4-8-14-25;/h3-16,18,20,28H,17,19,21-22H2,1-2H3;1H. The Morgan fingerprint density at radius 1 is 0.794 bits per heavy atom. The predicted octanol–water partition coefficient (Wildman–Crippen LogP) is 7.15. The van der Waals surface area contributed by atoms with Crippen molar-refractivity contribution in [1.29, 1.82) is 0 Å². The van der Waals surface area contributed by atoms with Crippen molar-refractivity contribution in [2.24, 2.45) is 0 Å². The molecule has 1 atom stereocenters. The first-order valence-corrected chi connectivity index (χ1v) is 11.6. The van der Waals surface area contributed by atoms with Crippen LogP contribution in [0.15, 0.2) is 97.1 Å². The van der Waals surface area contributed by atoms with Gasteiger partial charge in [0, 0.05) is 29.8 Å². The van der Waals surface area contributed by atoms with Crippen LogP contribution in [0.1, 0.15) is 40.4 Å². The van der Waals surface area contributed by atoms with Crippen LogP contribution >= 0.6 is 12.4 Å². The van der Waals surface area contributed by atoms with Gasteiger partial charge >= 0.3 is 0 Å². The lowest BCUT2D eigenvalue weighted by atomic mass is 9.97. The lowest BCUT2D eigenvalue weighted by Gasteiger charge is -2.25. The smallest absolute Gasteiger partial charge is 0.163 e. The van der Waals surface area contributed by atoms with Crippen molar-refractivity contribution in [2.45, 2.75) is 25.3 Å². The summed E-state index contributed by atoms with van der Waals surface area (Å²) in [5, 5.41) is 2.26. The van der Waals surface area contributed by atoms with Gasteiger partial charge in [-0.3, -0.25) is 4.79 Å². The van der Waals surface area contributed by atoms with Crippen molar-refractivity contribution in [1.82, 2.24) is 4.90 Å². The van der Waals surface area contributed by atoms with Gasteiger partial charge in [-0.25, -0.2) is 0 Å². The lowest BCUT2D eigenvalue weighted by molar-refractivity contribution is 0.0983. The molecule has 0 radical (unpaired) electrons. The number of aryl methyl sites for hydroxylation is 1. The molecule has 3 nitrogen and oxygen atoms in total. The van der Waals surface area contributed by atoms with E-state index >= 15 is 0 Å². The van der Waals surface area contributed by atoms with Crippen LogP contribution in [0.25, 0.3) is 10.8 Å². The maximum Gasteiger partial charge on any atom is 0.163 e. The Balaban J connectivity index is 0.00000324. The van der Waals surface area contributed by atoms with E-state index in [9.17, 15) is 4.79 Å². The molecule has 0 N–H and O–H groups in total. The largest absolute Gasteiger partial charge is 0.493 e. The second kappa shape index (κ2) is 12.4. The van der Waals surface area contributed by atoms with Gasteiger partial charge in [-0.15, -0.1) is 12.4 Å². The van der Waals surface area contributed by atoms with E-state index in [1.165, 1.54) is 11.1 Å². The number of ketones is 1. The molecule has 0 saturated heterocycles. The predicted molar refractivity (Wildman–Crippen MR) is 143 cm³/mol. The van der Waals surface area contributed by atoms with Gasteiger partial charge in [0.25, 0.3) is 0 Å². The van der Waals surface area contributed by atoms with Crippen LogP contribution in [0.2, 0.25) is 0 Å². The third-order valence-corrected chi connectivity index (χ3v) is 6.15. The van der Waals surface area contributed by atoms with Crippen LogP contribution in [-0.4, -0.2) is 31.4 Å². The Morgan fingerprint density at radius 3 is 2.09 bits per heavy atom. The number of fused-ring (bicyclic) bond motifs is 1. The molecule has 176 valence electrons. The number of ether oxygens (including phenoxy) is 1. The third-order valence-electron chi connectivity index (χ3n) is 6.15. The summed E-state index contributed by atoms with van der Waals surface area (Å²) >= 11 is 0. The van der Waals surface area contributed by atoms with Crippen LogP contribution in [-0.2, 0) is 6.42 Å². The topological polar surface area (TPSA) is 29.5 Å². The number of Topliss-reactive ketones (excluding diaryl/α,β-unsaturated/α-hetero) is 1. The summed E-state index contributed by atoms with van der Waals surface area (Å²) in [4.78, 5) is 14.8. The van der Waals surface area contributed by atoms with E-state index in [2.05, 4.69) is 67.5 Å². The monoisotopic (exact) mass is 473 g/mol. The van der Waals surface area contributed by atoms with Gasteiger partial charge in [0.15, 0.2) is 5.78 Å². The highest BCUT2D eigenvalue weighted by molar-refractivity contribution is 5.97. The Bertz CT molecular complexity index is 1190. The van der Waals surface area contributed by atoms with E-state index in [4.69, 9.17) is 4.74 Å². The van der Waals surface area contributed by atoms with Gasteiger partial charge in [-0.1, -0.05) is 91.0 Å². The fraction of sp³-hybridized carbons (Fsp3) is 0.233. The molecule has 34 heavy (non-hydrogen) atoms. The molecular formula is C30H32ClNO2. The van der Waals surface area contributed by atoms with Crippen molar-refractivity contribution in [2.75, 3.05) is 20.7 Å². The summed E-state index contributed by atoms with van der Waals surface area (Å²) in [6.45, 7) is 0.633. The first-order chi connectivity index (χ1) is 16.1. The third kappa shape index (κ3) is 6.25. The summed E-state index contributed by atoms with van der Waals surface area (Å²) in [6, 6.07) is 32.9. The highest BCUT2D eigenvalue weighted by atomic mass is 35.5. The van der Waals surface area contributed by atoms with Gasteiger partial charge in [0.1, 0.15) is 5.75 Å². The van der Waals surface area contributed by atoms with E-state index in [0.29, 0.717) is 25.5 Å². The second-order valence-corrected chi connectivity index (χ2v) is 8.58. The molecule has 4 rings (SSSR count). The molecule has 4 aromatic carbocycles. The van der Waals surface area contributed by atoms with E-state index in [1.54, 1.807) is 0 Å². The summed E-state index contributed by atoms with van der Waals surface area (Å²) < 4.78 is 6.28. The highest BCUT2D eigenvalue weighted by Gasteiger charge is 2.15. The summed E-state index contributed by atoms with van der Waals surface area (Å²) in [6.07, 6.45) is 2.11. The fourth-order valence-corrected chi connectivity index (χ4v) is 4.37. The number of halogens is 1. The minimum atomic E-state index is 0. The maximum absolute atomic E-state index is 12.6. The van der Waals surface area contributed by atoms with Gasteiger partial charge in [-0.05, 0) is 43.1 Å². The molecule has 0 spiro atoms. The first kappa shape index (κ1) is 25.5. The minimum Gasteiger partial charge on any atom is -0.493 e. The van der Waals surface area contributed by atoms with E-state index in [-0.39, 0.29) is 18.2 Å². The first-order valence-electron chi connectivity index (χ1n) is 11.6. The quantitative estimate of drug-likeness (QED) is 0.229. The molecule has 0 aliphatic carbocycles. The highest BCUT2D eigenvalue weighted by Crippen LogP contribution is 2.30. The Hall–Kier alpha value is -3.14. The van der Waals surface area contributed by atoms with Crippen LogP contribution in [0.5, 0.6) is 5.75 Å². The molecule has 0 bridgehead atoms. The zero-order chi connectivity index (χ0) is 23.0. The van der Waals surface area contributed by atoms with Crippen LogP contribution < -0.4 is 4.74 Å². The molecule has 4 heteroatoms. The number of nitrogens with zero attached hydrogens (tertiary/aromatic N) is 1. The second-order valence-electron chi connectivity index (χ2n) is 8.58. The summed E-state index contributed by atoms with van der Waals surface area (Å²) in [5.74, 6) is 1.07. The molecule has 0 aliphatic rings. The molecule has 0 fully saturated rings.